The van der Waals surface area contributed by atoms with Gasteiger partial charge in [-0.2, -0.15) is 0 Å². The number of rotatable bonds is 15. The zero-order chi connectivity index (χ0) is 37.8. The van der Waals surface area contributed by atoms with Crippen LogP contribution in [-0.2, 0) is 56.0 Å². The van der Waals surface area contributed by atoms with E-state index >= 15 is 0 Å². The van der Waals surface area contributed by atoms with Crippen molar-refractivity contribution in [2.24, 2.45) is 0 Å². The van der Waals surface area contributed by atoms with Crippen molar-refractivity contribution in [1.82, 2.24) is 10.2 Å². The molecule has 274 valence electrons. The van der Waals surface area contributed by atoms with Crippen molar-refractivity contribution < 1.29 is 37.1 Å². The summed E-state index contributed by atoms with van der Waals surface area (Å²) in [6.07, 6.45) is -0.498. The molecule has 0 radical (unpaired) electrons. The number of H-pyrrole nitrogens is 2. The minimum absolute atomic E-state index is 0.136. The molecule has 0 aliphatic carbocycles. The van der Waals surface area contributed by atoms with E-state index in [1.807, 2.05) is 12.1 Å². The summed E-state index contributed by atoms with van der Waals surface area (Å²) in [6.45, 7) is 3.90. The molecule has 1 aromatic heterocycles. The molecule has 2 N–H and O–H groups in total. The largest absolute Gasteiger partial charge is 0.466 e. The molecule has 17 heteroatoms. The lowest BCUT2D eigenvalue weighted by atomic mass is 10.3. The predicted molar refractivity (Wildman–Crippen MR) is 200 cm³/mol. The highest BCUT2D eigenvalue weighted by Gasteiger charge is 2.15. The molecule has 0 aliphatic rings. The molecule has 0 spiro atoms. The molecule has 2 unspecified atom stereocenters. The first kappa shape index (κ1) is 43.6. The minimum atomic E-state index is -1.46. The van der Waals surface area contributed by atoms with E-state index in [1.54, 1.807) is 74.5 Å². The smallest absolute Gasteiger partial charge is 0.313 e. The Labute approximate surface area is 319 Å². The van der Waals surface area contributed by atoms with E-state index in [2.05, 4.69) is 14.9 Å². The monoisotopic (exact) mass is 816 g/mol. The van der Waals surface area contributed by atoms with Gasteiger partial charge in [0.25, 0.3) is 5.56 Å². The number of Topliss-reactive ketones (excluding diaryl/α,β-unsaturated/α-hetero) is 2. The Kier molecular flexibility index (Phi) is 20.4. The van der Waals surface area contributed by atoms with Crippen molar-refractivity contribution >= 4 is 91.7 Å². The summed E-state index contributed by atoms with van der Waals surface area (Å²) in [7, 11) is -2.64. The van der Waals surface area contributed by atoms with Crippen molar-refractivity contribution in [3.8, 4) is 0 Å². The van der Waals surface area contributed by atoms with Crippen molar-refractivity contribution in [3.05, 3.63) is 110 Å². The number of halogens is 3. The number of benzene rings is 3. The SMILES string of the molecule is CCOC(=O)CC(=O)CS(=O)c1ccc(Cl)cc1.CCOC(=O)CC(=O)CSc1ccc(Cl)cc1.O=c1cc(CS(=O)c2ccc(Cl)cc2)[nH][nH]1. The van der Waals surface area contributed by atoms with Gasteiger partial charge in [0.2, 0.25) is 0 Å². The number of ketones is 2. The van der Waals surface area contributed by atoms with Crippen LogP contribution in [0.1, 0.15) is 32.4 Å². The van der Waals surface area contributed by atoms with E-state index in [9.17, 15) is 32.4 Å². The fourth-order valence-corrected chi connectivity index (χ4v) is 6.80. The van der Waals surface area contributed by atoms with Crippen LogP contribution in [0.25, 0.3) is 0 Å². The van der Waals surface area contributed by atoms with Gasteiger partial charge in [0.05, 0.1) is 52.1 Å². The Morgan fingerprint density at radius 2 is 1.12 bits per heavy atom. The van der Waals surface area contributed by atoms with Crippen LogP contribution in [0, 0.1) is 0 Å². The second-order valence-electron chi connectivity index (χ2n) is 9.95. The average molecular weight is 818 g/mol. The zero-order valence-corrected chi connectivity index (χ0v) is 32.2. The van der Waals surface area contributed by atoms with Crippen LogP contribution in [0.5, 0.6) is 0 Å². The maximum Gasteiger partial charge on any atom is 0.313 e. The van der Waals surface area contributed by atoms with Gasteiger partial charge >= 0.3 is 11.9 Å². The average Bonchev–Trinajstić information content (AvgIpc) is 3.49. The number of carbonyl (C=O) groups is 4. The number of thioether (sulfide) groups is 1. The molecule has 0 amide bonds. The minimum Gasteiger partial charge on any atom is -0.466 e. The number of carbonyl (C=O) groups excluding carboxylic acids is 4. The van der Waals surface area contributed by atoms with Gasteiger partial charge in [0.1, 0.15) is 12.8 Å². The fourth-order valence-electron chi connectivity index (χ4n) is 3.62. The summed E-state index contributed by atoms with van der Waals surface area (Å²) >= 11 is 18.5. The Bertz CT molecular complexity index is 1830. The van der Waals surface area contributed by atoms with Crippen molar-refractivity contribution in [3.63, 3.8) is 0 Å². The van der Waals surface area contributed by atoms with E-state index < -0.39 is 39.3 Å². The first-order valence-corrected chi connectivity index (χ1v) is 19.8. The molecule has 3 aromatic carbocycles. The summed E-state index contributed by atoms with van der Waals surface area (Å²) in [4.78, 5) is 58.0. The quantitative estimate of drug-likeness (QED) is 0.0759. The van der Waals surface area contributed by atoms with Crippen molar-refractivity contribution in [2.75, 3.05) is 24.7 Å². The lowest BCUT2D eigenvalue weighted by Crippen LogP contribution is -2.16. The lowest BCUT2D eigenvalue weighted by molar-refractivity contribution is -0.146. The normalized spacial score (nSPS) is 11.5. The van der Waals surface area contributed by atoms with Gasteiger partial charge in [0, 0.05) is 41.5 Å². The second kappa shape index (κ2) is 23.8. The van der Waals surface area contributed by atoms with E-state index in [1.165, 1.54) is 17.8 Å². The van der Waals surface area contributed by atoms with Crippen LogP contribution in [-0.4, -0.2) is 66.8 Å². The molecule has 0 saturated carbocycles. The number of ether oxygens (including phenoxy) is 2. The highest BCUT2D eigenvalue weighted by molar-refractivity contribution is 8.00. The van der Waals surface area contributed by atoms with Gasteiger partial charge in [-0.3, -0.25) is 37.5 Å². The van der Waals surface area contributed by atoms with Gasteiger partial charge in [-0.15, -0.1) is 11.8 Å². The van der Waals surface area contributed by atoms with Gasteiger partial charge < -0.3 is 14.6 Å². The maximum absolute atomic E-state index is 11.9. The Morgan fingerprint density at radius 3 is 1.57 bits per heavy atom. The number of aromatic nitrogens is 2. The van der Waals surface area contributed by atoms with Crippen LogP contribution < -0.4 is 5.56 Å². The van der Waals surface area contributed by atoms with Crippen LogP contribution in [0.15, 0.2) is 98.3 Å². The van der Waals surface area contributed by atoms with Gasteiger partial charge in [-0.25, -0.2) is 0 Å². The third kappa shape index (κ3) is 18.5. The van der Waals surface area contributed by atoms with Gasteiger partial charge in [-0.1, -0.05) is 34.8 Å². The number of esters is 2. The number of nitrogens with one attached hydrogen (secondary N) is 2. The Hall–Kier alpha value is -3.53. The van der Waals surface area contributed by atoms with E-state index in [-0.39, 0.29) is 48.0 Å². The predicted octanol–water partition coefficient (Wildman–Crippen LogP) is 6.59. The lowest BCUT2D eigenvalue weighted by Gasteiger charge is -2.02. The van der Waals surface area contributed by atoms with Crippen LogP contribution >= 0.6 is 46.6 Å². The second-order valence-corrected chi connectivity index (χ2v) is 15.2. The van der Waals surface area contributed by atoms with Crippen LogP contribution in [0.4, 0.5) is 0 Å². The Balaban J connectivity index is 0.000000265. The third-order valence-corrected chi connectivity index (χ3v) is 10.5. The molecular formula is C34H35Cl3N2O9S3. The number of hydrogen-bond acceptors (Lipinski definition) is 10. The molecule has 2 atom stereocenters. The standard InChI is InChI=1S/C12H13ClO4S.C12H13ClO3S.C10H9ClN2O2S/c1-2-17-12(15)7-10(14)8-18(16)11-5-3-9(13)4-6-11;1-2-16-12(15)7-10(14)8-17-11-5-3-9(13)4-6-11;11-7-1-3-9(4-2-7)16(15)6-8-5-10(14)13-12-8/h3-6H,2,7-8H2,1H3;3-6H,2,7-8H2,1H3;1-5H,6H2,(H2,12,13,14). The third-order valence-electron chi connectivity index (χ3n) is 5.89. The molecule has 11 nitrogen and oxygen atoms in total. The number of hydrogen-bond donors (Lipinski definition) is 2. The summed E-state index contributed by atoms with van der Waals surface area (Å²) in [6, 6.07) is 21.8. The molecular weight excluding hydrogens is 783 g/mol. The molecule has 1 heterocycles. The summed E-state index contributed by atoms with van der Waals surface area (Å²) in [5.74, 6) is -1.24. The van der Waals surface area contributed by atoms with E-state index in [4.69, 9.17) is 39.5 Å². The first-order chi connectivity index (χ1) is 24.3. The van der Waals surface area contributed by atoms with E-state index in [0.29, 0.717) is 37.2 Å². The molecule has 51 heavy (non-hydrogen) atoms. The van der Waals surface area contributed by atoms with E-state index in [0.717, 1.165) is 4.90 Å². The van der Waals surface area contributed by atoms with Crippen molar-refractivity contribution in [1.29, 1.82) is 0 Å². The first-order valence-electron chi connectivity index (χ1n) is 15.1. The van der Waals surface area contributed by atoms with Gasteiger partial charge in [-0.05, 0) is 86.6 Å². The summed E-state index contributed by atoms with van der Waals surface area (Å²) in [5.41, 5.74) is 0.404. The summed E-state index contributed by atoms with van der Waals surface area (Å²) in [5, 5.41) is 6.86. The number of aromatic amines is 2. The van der Waals surface area contributed by atoms with Gasteiger partial charge in [0.15, 0.2) is 11.6 Å². The molecule has 0 bridgehead atoms. The topological polar surface area (TPSA) is 170 Å². The molecule has 0 aliphatic heterocycles. The highest BCUT2D eigenvalue weighted by Crippen LogP contribution is 2.20. The summed E-state index contributed by atoms with van der Waals surface area (Å²) < 4.78 is 33.0. The Morgan fingerprint density at radius 1 is 0.667 bits per heavy atom. The highest BCUT2D eigenvalue weighted by atomic mass is 35.5. The molecule has 0 fully saturated rings. The molecule has 4 aromatic rings. The fraction of sp³-hybridized carbons (Fsp3) is 0.265. The van der Waals surface area contributed by atoms with Crippen LogP contribution in [0.3, 0.4) is 0 Å². The maximum atomic E-state index is 11.9. The molecule has 4 rings (SSSR count). The van der Waals surface area contributed by atoms with Crippen LogP contribution in [0.2, 0.25) is 15.1 Å². The zero-order valence-electron chi connectivity index (χ0n) is 27.5. The van der Waals surface area contributed by atoms with Crippen molar-refractivity contribution in [2.45, 2.75) is 47.1 Å². The molecule has 0 saturated heterocycles.